The number of nitrogens with zero attached hydrogens (tertiary/aromatic N) is 2. The van der Waals surface area contributed by atoms with Crippen LogP contribution in [0.1, 0.15) is 42.9 Å². The Hall–Kier alpha value is -5.01. The third-order valence-electron chi connectivity index (χ3n) is 7.66. The Kier molecular flexibility index (Phi) is 10.5. The number of rotatable bonds is 11. The summed E-state index contributed by atoms with van der Waals surface area (Å²) in [4.78, 5) is 8.47. The maximum Gasteiger partial charge on any atom is 0.432 e. The molecule has 262 valence electrons. The summed E-state index contributed by atoms with van der Waals surface area (Å²) < 4.78 is 161. The van der Waals surface area contributed by atoms with E-state index >= 15 is 22.0 Å². The summed E-state index contributed by atoms with van der Waals surface area (Å²) in [5.41, 5.74) is -3.92. The fourth-order valence-corrected chi connectivity index (χ4v) is 5.23. The first kappa shape index (κ1) is 36.3. The van der Waals surface area contributed by atoms with Crippen molar-refractivity contribution in [3.8, 4) is 39.4 Å². The van der Waals surface area contributed by atoms with Gasteiger partial charge in [-0.15, -0.1) is 0 Å². The average molecular weight is 711 g/mol. The minimum atomic E-state index is -4.93. The van der Waals surface area contributed by atoms with Crippen LogP contribution < -0.4 is 4.74 Å². The van der Waals surface area contributed by atoms with E-state index in [0.717, 1.165) is 43.4 Å². The molecular formula is C36H25F11N2O. The topological polar surface area (TPSA) is 35.0 Å². The van der Waals surface area contributed by atoms with Gasteiger partial charge in [-0.05, 0) is 72.0 Å². The molecule has 1 heterocycles. The molecule has 0 saturated heterocycles. The maximum atomic E-state index is 15.1. The molecule has 5 aromatic rings. The van der Waals surface area contributed by atoms with Crippen molar-refractivity contribution in [3.05, 3.63) is 125 Å². The number of aryl methyl sites for hydroxylation is 1. The number of unbranched alkanes of at least 4 members (excludes halogenated alkanes) is 2. The van der Waals surface area contributed by atoms with Gasteiger partial charge in [0, 0.05) is 40.7 Å². The standard InChI is InChI=1S/C36H25F11N2O/c1-2-3-4-5-19-17-48-34(49-18-19)20-6-8-24(27(37)10-20)22-13-31(41)33(32(42)14-22)36(46,47)50-23-7-9-25(30(40)15-23)21-11-28(38)26(29(39)12-21)16-35(43,44)45/h6-15,17-18H,2-5,16H2,1H3. The number of hydrogen-bond donors (Lipinski definition) is 0. The lowest BCUT2D eigenvalue weighted by Crippen LogP contribution is -2.25. The summed E-state index contributed by atoms with van der Waals surface area (Å²) in [5, 5.41) is 0. The van der Waals surface area contributed by atoms with E-state index in [-0.39, 0.29) is 17.0 Å². The van der Waals surface area contributed by atoms with E-state index in [1.54, 1.807) is 12.4 Å². The van der Waals surface area contributed by atoms with Crippen LogP contribution in [0.4, 0.5) is 48.3 Å². The van der Waals surface area contributed by atoms with Crippen LogP contribution in [0.15, 0.2) is 73.1 Å². The van der Waals surface area contributed by atoms with Gasteiger partial charge in [0.25, 0.3) is 0 Å². The van der Waals surface area contributed by atoms with Crippen molar-refractivity contribution >= 4 is 0 Å². The molecule has 0 radical (unpaired) electrons. The monoisotopic (exact) mass is 710 g/mol. The summed E-state index contributed by atoms with van der Waals surface area (Å²) in [6, 6.07) is 7.14. The van der Waals surface area contributed by atoms with Crippen molar-refractivity contribution in [2.45, 2.75) is 51.3 Å². The molecular weight excluding hydrogens is 685 g/mol. The van der Waals surface area contributed by atoms with Crippen molar-refractivity contribution in [1.29, 1.82) is 0 Å². The highest BCUT2D eigenvalue weighted by atomic mass is 19.4. The smallest absolute Gasteiger partial charge is 0.429 e. The van der Waals surface area contributed by atoms with E-state index in [1.807, 2.05) is 0 Å². The number of benzene rings is 4. The molecule has 0 fully saturated rings. The molecule has 4 aromatic carbocycles. The highest BCUT2D eigenvalue weighted by Crippen LogP contribution is 2.39. The highest BCUT2D eigenvalue weighted by Gasteiger charge is 2.41. The van der Waals surface area contributed by atoms with Gasteiger partial charge in [-0.25, -0.2) is 36.3 Å². The lowest BCUT2D eigenvalue weighted by atomic mass is 10.00. The molecule has 0 bridgehead atoms. The number of hydrogen-bond acceptors (Lipinski definition) is 3. The van der Waals surface area contributed by atoms with Gasteiger partial charge >= 0.3 is 12.3 Å². The molecule has 0 spiro atoms. The Balaban J connectivity index is 1.35. The molecule has 0 aliphatic heterocycles. The van der Waals surface area contributed by atoms with Gasteiger partial charge in [-0.2, -0.15) is 22.0 Å². The molecule has 0 unspecified atom stereocenters. The lowest BCUT2D eigenvalue weighted by molar-refractivity contribution is -0.189. The molecule has 0 aliphatic carbocycles. The lowest BCUT2D eigenvalue weighted by Gasteiger charge is -2.20. The molecule has 3 nitrogen and oxygen atoms in total. The zero-order valence-electron chi connectivity index (χ0n) is 25.9. The van der Waals surface area contributed by atoms with E-state index in [2.05, 4.69) is 21.6 Å². The minimum Gasteiger partial charge on any atom is -0.429 e. The van der Waals surface area contributed by atoms with Crippen molar-refractivity contribution in [2.24, 2.45) is 0 Å². The summed E-state index contributed by atoms with van der Waals surface area (Å²) in [6.45, 7) is 2.07. The van der Waals surface area contributed by atoms with E-state index in [0.29, 0.717) is 36.4 Å². The summed E-state index contributed by atoms with van der Waals surface area (Å²) in [5.74, 6) is -10.00. The second kappa shape index (κ2) is 14.5. The fraction of sp³-hybridized carbons (Fsp3) is 0.222. The summed E-state index contributed by atoms with van der Waals surface area (Å²) in [6.07, 6.45) is -4.55. The van der Waals surface area contributed by atoms with Gasteiger partial charge < -0.3 is 4.74 Å². The van der Waals surface area contributed by atoms with Gasteiger partial charge in [0.2, 0.25) is 0 Å². The van der Waals surface area contributed by atoms with E-state index in [9.17, 15) is 26.3 Å². The maximum absolute atomic E-state index is 15.1. The molecule has 14 heteroatoms. The van der Waals surface area contributed by atoms with E-state index in [1.165, 1.54) is 12.1 Å². The number of aromatic nitrogens is 2. The van der Waals surface area contributed by atoms with Gasteiger partial charge in [0.15, 0.2) is 5.82 Å². The predicted molar refractivity (Wildman–Crippen MR) is 162 cm³/mol. The molecule has 0 amide bonds. The van der Waals surface area contributed by atoms with Crippen LogP contribution in [0.3, 0.4) is 0 Å². The Morgan fingerprint density at radius 2 is 1.12 bits per heavy atom. The van der Waals surface area contributed by atoms with Gasteiger partial charge in [0.05, 0.1) is 6.42 Å². The van der Waals surface area contributed by atoms with Gasteiger partial charge in [-0.3, -0.25) is 0 Å². The van der Waals surface area contributed by atoms with Crippen LogP contribution in [0, 0.1) is 34.9 Å². The van der Waals surface area contributed by atoms with Gasteiger partial charge in [-0.1, -0.05) is 31.9 Å². The third-order valence-corrected chi connectivity index (χ3v) is 7.66. The van der Waals surface area contributed by atoms with Crippen molar-refractivity contribution in [3.63, 3.8) is 0 Å². The van der Waals surface area contributed by atoms with Crippen LogP contribution >= 0.6 is 0 Å². The summed E-state index contributed by atoms with van der Waals surface area (Å²) in [7, 11) is 0. The molecule has 50 heavy (non-hydrogen) atoms. The largest absolute Gasteiger partial charge is 0.432 e. The Bertz CT molecular complexity index is 1970. The zero-order chi connectivity index (χ0) is 36.4. The molecule has 5 rings (SSSR count). The van der Waals surface area contributed by atoms with Crippen molar-refractivity contribution < 1.29 is 53.0 Å². The highest BCUT2D eigenvalue weighted by molar-refractivity contribution is 5.69. The van der Waals surface area contributed by atoms with Crippen molar-refractivity contribution in [1.82, 2.24) is 9.97 Å². The first-order chi connectivity index (χ1) is 23.6. The number of ether oxygens (including phenoxy) is 1. The van der Waals surface area contributed by atoms with E-state index < -0.39 is 87.2 Å². The first-order valence-electron chi connectivity index (χ1n) is 15.1. The third kappa shape index (κ3) is 8.23. The molecule has 0 saturated carbocycles. The van der Waals surface area contributed by atoms with Gasteiger partial charge in [0.1, 0.15) is 46.2 Å². The SMILES string of the molecule is CCCCCc1cnc(-c2ccc(-c3cc(F)c(C(F)(F)Oc4ccc(-c5cc(F)c(CC(F)(F)F)c(F)c5)c(F)c4)c(F)c3)c(F)c2)nc1. The molecule has 0 aliphatic rings. The van der Waals surface area contributed by atoms with Crippen LogP contribution in [0.25, 0.3) is 33.6 Å². The molecule has 1 aromatic heterocycles. The second-order valence-electron chi connectivity index (χ2n) is 11.4. The van der Waals surface area contributed by atoms with Crippen LogP contribution in [0.2, 0.25) is 0 Å². The van der Waals surface area contributed by atoms with Crippen molar-refractivity contribution in [2.75, 3.05) is 0 Å². The Labute approximate surface area is 278 Å². The van der Waals surface area contributed by atoms with Crippen LogP contribution in [0.5, 0.6) is 5.75 Å². The predicted octanol–water partition coefficient (Wildman–Crippen LogP) is 11.3. The minimum absolute atomic E-state index is 0.196. The number of alkyl halides is 5. The molecule has 0 N–H and O–H groups in total. The normalized spacial score (nSPS) is 12.0. The number of halogens is 11. The second-order valence-corrected chi connectivity index (χ2v) is 11.4. The summed E-state index contributed by atoms with van der Waals surface area (Å²) >= 11 is 0. The fourth-order valence-electron chi connectivity index (χ4n) is 5.23. The zero-order valence-corrected chi connectivity index (χ0v) is 25.9. The Morgan fingerprint density at radius 1 is 0.600 bits per heavy atom. The first-order valence-corrected chi connectivity index (χ1v) is 15.1. The molecule has 0 atom stereocenters. The quantitative estimate of drug-likeness (QED) is 0.101. The Morgan fingerprint density at radius 3 is 1.64 bits per heavy atom. The van der Waals surface area contributed by atoms with Crippen LogP contribution in [-0.2, 0) is 19.0 Å². The van der Waals surface area contributed by atoms with Crippen LogP contribution in [-0.4, -0.2) is 16.1 Å². The van der Waals surface area contributed by atoms with E-state index in [4.69, 9.17) is 0 Å². The average Bonchev–Trinajstić information content (AvgIpc) is 3.02.